The van der Waals surface area contributed by atoms with E-state index in [-0.39, 0.29) is 5.75 Å². The summed E-state index contributed by atoms with van der Waals surface area (Å²) in [7, 11) is 1.49. The number of hydrogen-bond acceptors (Lipinski definition) is 5. The normalized spacial score (nSPS) is 11.2. The molecular formula is C27H22ClNO4. The van der Waals surface area contributed by atoms with Crippen molar-refractivity contribution >= 4 is 35.3 Å². The molecular weight excluding hydrogens is 438 g/mol. The van der Waals surface area contributed by atoms with Crippen molar-refractivity contribution in [3.63, 3.8) is 0 Å². The third-order valence-electron chi connectivity index (χ3n) is 4.59. The average molecular weight is 460 g/mol. The molecule has 0 unspecified atom stereocenters. The van der Waals surface area contributed by atoms with Crippen LogP contribution in [-0.4, -0.2) is 19.7 Å². The zero-order valence-electron chi connectivity index (χ0n) is 18.2. The van der Waals surface area contributed by atoms with Crippen LogP contribution in [0.4, 0.5) is 0 Å². The fraction of sp³-hybridized carbons (Fsp3) is 0.111. The van der Waals surface area contributed by atoms with Crippen LogP contribution in [-0.2, 0) is 4.79 Å². The number of ether oxygens (including phenoxy) is 3. The standard InChI is InChI=1S/C27H22ClNO4/c1-3-32-24-12-4-19(5-13-24)7-15-27(30)33-25-14-6-20(17-26(25)31-2)16-22(18-29)21-8-10-23(28)11-9-21/h4-17H,3H2,1-2H3/b15-7+,22-16+. The largest absolute Gasteiger partial charge is 0.494 e. The summed E-state index contributed by atoms with van der Waals surface area (Å²) in [5.41, 5.74) is 2.78. The molecule has 3 rings (SSSR count). The minimum absolute atomic E-state index is 0.279. The van der Waals surface area contributed by atoms with Gasteiger partial charge in [-0.15, -0.1) is 0 Å². The highest BCUT2D eigenvalue weighted by molar-refractivity contribution is 6.30. The monoisotopic (exact) mass is 459 g/mol. The summed E-state index contributed by atoms with van der Waals surface area (Å²) < 4.78 is 16.2. The lowest BCUT2D eigenvalue weighted by molar-refractivity contribution is -0.129. The van der Waals surface area contributed by atoms with E-state index in [1.54, 1.807) is 54.6 Å². The maximum absolute atomic E-state index is 12.3. The highest BCUT2D eigenvalue weighted by Crippen LogP contribution is 2.30. The van der Waals surface area contributed by atoms with Crippen LogP contribution in [0.2, 0.25) is 5.02 Å². The highest BCUT2D eigenvalue weighted by Gasteiger charge is 2.10. The van der Waals surface area contributed by atoms with Crippen molar-refractivity contribution in [1.29, 1.82) is 5.26 Å². The zero-order valence-corrected chi connectivity index (χ0v) is 19.0. The molecule has 3 aromatic rings. The topological polar surface area (TPSA) is 68.5 Å². The van der Waals surface area contributed by atoms with Crippen molar-refractivity contribution in [2.45, 2.75) is 6.92 Å². The van der Waals surface area contributed by atoms with Crippen molar-refractivity contribution in [1.82, 2.24) is 0 Å². The van der Waals surface area contributed by atoms with Crippen LogP contribution >= 0.6 is 11.6 Å². The minimum atomic E-state index is -0.538. The van der Waals surface area contributed by atoms with Crippen LogP contribution in [0.1, 0.15) is 23.6 Å². The number of halogens is 1. The predicted molar refractivity (Wildman–Crippen MR) is 130 cm³/mol. The van der Waals surface area contributed by atoms with Gasteiger partial charge in [-0.25, -0.2) is 4.79 Å². The molecule has 6 heteroatoms. The van der Waals surface area contributed by atoms with Gasteiger partial charge in [-0.3, -0.25) is 0 Å². The van der Waals surface area contributed by atoms with Crippen molar-refractivity contribution in [3.05, 3.63) is 94.5 Å². The van der Waals surface area contributed by atoms with Gasteiger partial charge in [0.2, 0.25) is 0 Å². The number of rotatable bonds is 8. The van der Waals surface area contributed by atoms with Gasteiger partial charge in [0, 0.05) is 11.1 Å². The first-order valence-corrected chi connectivity index (χ1v) is 10.6. The van der Waals surface area contributed by atoms with Gasteiger partial charge in [-0.2, -0.15) is 5.26 Å². The lowest BCUT2D eigenvalue weighted by Crippen LogP contribution is -2.05. The fourth-order valence-electron chi connectivity index (χ4n) is 2.98. The Hall–Kier alpha value is -4.01. The van der Waals surface area contributed by atoms with Gasteiger partial charge in [0.1, 0.15) is 5.75 Å². The van der Waals surface area contributed by atoms with Gasteiger partial charge in [-0.1, -0.05) is 41.9 Å². The van der Waals surface area contributed by atoms with Crippen molar-refractivity contribution in [3.8, 4) is 23.3 Å². The number of allylic oxidation sites excluding steroid dienone is 1. The maximum atomic E-state index is 12.3. The van der Waals surface area contributed by atoms with Crippen LogP contribution in [0.5, 0.6) is 17.2 Å². The van der Waals surface area contributed by atoms with Gasteiger partial charge in [-0.05, 0) is 72.2 Å². The van der Waals surface area contributed by atoms with Crippen LogP contribution in [0.25, 0.3) is 17.7 Å². The van der Waals surface area contributed by atoms with Gasteiger partial charge in [0.15, 0.2) is 11.5 Å². The smallest absolute Gasteiger partial charge is 0.336 e. The Bertz CT molecular complexity index is 1210. The SMILES string of the molecule is CCOc1ccc(/C=C/C(=O)Oc2ccc(/C=C(\C#N)c3ccc(Cl)cc3)cc2OC)cc1. The summed E-state index contributed by atoms with van der Waals surface area (Å²) in [4.78, 5) is 12.3. The zero-order chi connectivity index (χ0) is 23.6. The van der Waals surface area contributed by atoms with Crippen LogP contribution in [0, 0.1) is 11.3 Å². The first kappa shape index (κ1) is 23.6. The molecule has 0 amide bonds. The molecule has 0 fully saturated rings. The molecule has 0 bridgehead atoms. The molecule has 0 aliphatic heterocycles. The molecule has 0 aliphatic rings. The van der Waals surface area contributed by atoms with Crippen LogP contribution < -0.4 is 14.2 Å². The molecule has 0 heterocycles. The van der Waals surface area contributed by atoms with Crippen LogP contribution in [0.3, 0.4) is 0 Å². The number of benzene rings is 3. The van der Waals surface area contributed by atoms with Gasteiger partial charge in [0.05, 0.1) is 25.4 Å². The Morgan fingerprint density at radius 3 is 2.33 bits per heavy atom. The summed E-state index contributed by atoms with van der Waals surface area (Å²) in [6.07, 6.45) is 4.73. The third-order valence-corrected chi connectivity index (χ3v) is 4.84. The molecule has 0 spiro atoms. The lowest BCUT2D eigenvalue weighted by atomic mass is 10.0. The number of carbonyl (C=O) groups is 1. The summed E-state index contributed by atoms with van der Waals surface area (Å²) in [5.74, 6) is 0.886. The Balaban J connectivity index is 1.73. The second-order valence-corrected chi connectivity index (χ2v) is 7.28. The summed E-state index contributed by atoms with van der Waals surface area (Å²) in [6.45, 7) is 2.51. The van der Waals surface area contributed by atoms with Crippen LogP contribution in [0.15, 0.2) is 72.8 Å². The molecule has 166 valence electrons. The average Bonchev–Trinajstić information content (AvgIpc) is 2.83. The van der Waals surface area contributed by atoms with E-state index in [9.17, 15) is 10.1 Å². The van der Waals surface area contributed by atoms with Gasteiger partial charge in [0.25, 0.3) is 0 Å². The number of nitriles is 1. The quantitative estimate of drug-likeness (QED) is 0.128. The highest BCUT2D eigenvalue weighted by atomic mass is 35.5. The summed E-state index contributed by atoms with van der Waals surface area (Å²) >= 11 is 5.92. The number of nitrogens with zero attached hydrogens (tertiary/aromatic N) is 1. The minimum Gasteiger partial charge on any atom is -0.494 e. The van der Waals surface area contributed by atoms with Gasteiger partial charge >= 0.3 is 5.97 Å². The fourth-order valence-corrected chi connectivity index (χ4v) is 3.11. The second kappa shape index (κ2) is 11.6. The molecule has 0 aliphatic carbocycles. The Morgan fingerprint density at radius 1 is 1.00 bits per heavy atom. The molecule has 0 N–H and O–H groups in total. The summed E-state index contributed by atoms with van der Waals surface area (Å²) in [6, 6.07) is 21.7. The molecule has 5 nitrogen and oxygen atoms in total. The maximum Gasteiger partial charge on any atom is 0.336 e. The molecule has 0 radical (unpaired) electrons. The second-order valence-electron chi connectivity index (χ2n) is 6.84. The van der Waals surface area contributed by atoms with E-state index >= 15 is 0 Å². The number of esters is 1. The molecule has 0 aromatic heterocycles. The van der Waals surface area contributed by atoms with E-state index in [1.165, 1.54) is 13.2 Å². The Kier molecular flexibility index (Phi) is 8.29. The molecule has 0 saturated heterocycles. The first-order valence-electron chi connectivity index (χ1n) is 10.2. The van der Waals surface area contributed by atoms with E-state index < -0.39 is 5.97 Å². The van der Waals surface area contributed by atoms with E-state index in [0.29, 0.717) is 23.0 Å². The predicted octanol–water partition coefficient (Wildman–Crippen LogP) is 6.43. The molecule has 0 saturated carbocycles. The molecule has 3 aromatic carbocycles. The number of carbonyl (C=O) groups excluding carboxylic acids is 1. The van der Waals surface area contributed by atoms with Crippen molar-refractivity contribution < 1.29 is 19.0 Å². The van der Waals surface area contributed by atoms with E-state index in [1.807, 2.05) is 31.2 Å². The first-order chi connectivity index (χ1) is 16.0. The Morgan fingerprint density at radius 2 is 1.70 bits per heavy atom. The number of hydrogen-bond donors (Lipinski definition) is 0. The van der Waals surface area contributed by atoms with E-state index in [0.717, 1.165) is 22.4 Å². The van der Waals surface area contributed by atoms with E-state index in [4.69, 9.17) is 25.8 Å². The molecule has 33 heavy (non-hydrogen) atoms. The van der Waals surface area contributed by atoms with E-state index in [2.05, 4.69) is 6.07 Å². The van der Waals surface area contributed by atoms with Gasteiger partial charge < -0.3 is 14.2 Å². The number of methoxy groups -OCH3 is 1. The Labute approximate surface area is 198 Å². The molecule has 0 atom stereocenters. The van der Waals surface area contributed by atoms with Crippen molar-refractivity contribution in [2.75, 3.05) is 13.7 Å². The summed E-state index contributed by atoms with van der Waals surface area (Å²) in [5, 5.41) is 10.1. The lowest BCUT2D eigenvalue weighted by Gasteiger charge is -2.09. The van der Waals surface area contributed by atoms with Crippen molar-refractivity contribution in [2.24, 2.45) is 0 Å². The third kappa shape index (κ3) is 6.73.